The molecule has 0 unspecified atom stereocenters. The van der Waals surface area contributed by atoms with Gasteiger partial charge in [-0.05, 0) is 67.9 Å². The van der Waals surface area contributed by atoms with Crippen molar-refractivity contribution in [3.63, 3.8) is 0 Å². The van der Waals surface area contributed by atoms with Crippen molar-refractivity contribution in [1.82, 2.24) is 4.98 Å². The summed E-state index contributed by atoms with van der Waals surface area (Å²) in [5, 5.41) is 4.47. The fraction of sp³-hybridized carbons (Fsp3) is 0.120. The predicted molar refractivity (Wildman–Crippen MR) is 123 cm³/mol. The average molecular weight is 417 g/mol. The van der Waals surface area contributed by atoms with Crippen LogP contribution in [-0.2, 0) is 0 Å². The number of aryl methyl sites for hydroxylation is 2. The van der Waals surface area contributed by atoms with Crippen molar-refractivity contribution in [1.29, 1.82) is 0 Å². The van der Waals surface area contributed by atoms with Crippen LogP contribution in [0.4, 0.5) is 5.69 Å². The Bertz CT molecular complexity index is 1230. The van der Waals surface area contributed by atoms with Gasteiger partial charge >= 0.3 is 0 Å². The van der Waals surface area contributed by atoms with E-state index in [9.17, 15) is 4.79 Å². The predicted octanol–water partition coefficient (Wildman–Crippen LogP) is 6.43. The van der Waals surface area contributed by atoms with Crippen molar-refractivity contribution in [3.8, 4) is 17.0 Å². The zero-order valence-corrected chi connectivity index (χ0v) is 17.7. The standard InChI is InChI=1S/C25H21ClN2O2/c1-15-12-16(2)24-21(13-15)22(14-23(28-24)17-4-6-18(26)7-5-17)25(29)27-19-8-10-20(30-3)11-9-19/h4-14H,1-3H3,(H,27,29). The number of hydrogen-bond donors (Lipinski definition) is 1. The van der Waals surface area contributed by atoms with Gasteiger partial charge in [0.15, 0.2) is 0 Å². The Kier molecular flexibility index (Phi) is 5.42. The van der Waals surface area contributed by atoms with Crippen molar-refractivity contribution < 1.29 is 9.53 Å². The summed E-state index contributed by atoms with van der Waals surface area (Å²) in [6, 6.07) is 20.6. The van der Waals surface area contributed by atoms with Gasteiger partial charge in [0.2, 0.25) is 0 Å². The Balaban J connectivity index is 1.83. The molecule has 4 nitrogen and oxygen atoms in total. The topological polar surface area (TPSA) is 51.2 Å². The van der Waals surface area contributed by atoms with Gasteiger partial charge in [-0.3, -0.25) is 4.79 Å². The maximum atomic E-state index is 13.3. The quantitative estimate of drug-likeness (QED) is 0.417. The molecule has 0 aliphatic rings. The van der Waals surface area contributed by atoms with E-state index in [-0.39, 0.29) is 5.91 Å². The molecule has 0 spiro atoms. The summed E-state index contributed by atoms with van der Waals surface area (Å²) in [6.07, 6.45) is 0. The van der Waals surface area contributed by atoms with E-state index in [1.807, 2.05) is 74.5 Å². The molecule has 0 atom stereocenters. The van der Waals surface area contributed by atoms with Gasteiger partial charge in [-0.15, -0.1) is 0 Å². The molecule has 150 valence electrons. The molecule has 4 aromatic rings. The number of nitrogens with one attached hydrogen (secondary N) is 1. The molecule has 0 saturated carbocycles. The molecule has 0 aliphatic heterocycles. The summed E-state index contributed by atoms with van der Waals surface area (Å²) in [5.41, 5.74) is 5.83. The van der Waals surface area contributed by atoms with Gasteiger partial charge in [0.05, 0.1) is 23.9 Å². The first-order valence-electron chi connectivity index (χ1n) is 9.58. The molecule has 0 radical (unpaired) electrons. The molecule has 0 bridgehead atoms. The van der Waals surface area contributed by atoms with E-state index in [2.05, 4.69) is 11.4 Å². The van der Waals surface area contributed by atoms with Crippen LogP contribution in [0.5, 0.6) is 5.75 Å². The summed E-state index contributed by atoms with van der Waals surface area (Å²) >= 11 is 6.04. The number of rotatable bonds is 4. The first-order chi connectivity index (χ1) is 14.4. The molecule has 1 aromatic heterocycles. The van der Waals surface area contributed by atoms with Gasteiger partial charge in [0.1, 0.15) is 5.75 Å². The largest absolute Gasteiger partial charge is 0.497 e. The van der Waals surface area contributed by atoms with Crippen LogP contribution in [0, 0.1) is 13.8 Å². The first kappa shape index (κ1) is 19.9. The number of carbonyl (C=O) groups is 1. The number of aromatic nitrogens is 1. The van der Waals surface area contributed by atoms with Crippen LogP contribution in [0.3, 0.4) is 0 Å². The van der Waals surface area contributed by atoms with E-state index in [1.165, 1.54) is 0 Å². The molecule has 1 amide bonds. The number of methoxy groups -OCH3 is 1. The lowest BCUT2D eigenvalue weighted by Gasteiger charge is -2.13. The van der Waals surface area contributed by atoms with Gasteiger partial charge in [0.25, 0.3) is 5.91 Å². The minimum atomic E-state index is -0.187. The van der Waals surface area contributed by atoms with Crippen molar-refractivity contribution >= 4 is 34.1 Å². The molecule has 3 aromatic carbocycles. The number of halogens is 1. The number of anilines is 1. The van der Waals surface area contributed by atoms with E-state index in [4.69, 9.17) is 21.3 Å². The Morgan fingerprint density at radius 2 is 1.67 bits per heavy atom. The van der Waals surface area contributed by atoms with Gasteiger partial charge in [-0.25, -0.2) is 4.98 Å². The minimum absolute atomic E-state index is 0.187. The van der Waals surface area contributed by atoms with E-state index in [0.717, 1.165) is 39.0 Å². The summed E-state index contributed by atoms with van der Waals surface area (Å²) in [4.78, 5) is 18.1. The second-order valence-electron chi connectivity index (χ2n) is 7.22. The maximum absolute atomic E-state index is 13.3. The van der Waals surface area contributed by atoms with Crippen molar-refractivity contribution in [2.24, 2.45) is 0 Å². The number of hydrogen-bond acceptors (Lipinski definition) is 3. The van der Waals surface area contributed by atoms with Crippen molar-refractivity contribution in [3.05, 3.63) is 88.4 Å². The Morgan fingerprint density at radius 3 is 2.33 bits per heavy atom. The van der Waals surface area contributed by atoms with Crippen molar-refractivity contribution in [2.75, 3.05) is 12.4 Å². The normalized spacial score (nSPS) is 10.8. The Labute approximate surface area is 180 Å². The molecule has 4 rings (SSSR count). The smallest absolute Gasteiger partial charge is 0.256 e. The SMILES string of the molecule is COc1ccc(NC(=O)c2cc(-c3ccc(Cl)cc3)nc3c(C)cc(C)cc23)cc1. The van der Waals surface area contributed by atoms with Gasteiger partial charge in [0, 0.05) is 21.7 Å². The molecular weight excluding hydrogens is 396 g/mol. The van der Waals surface area contributed by atoms with E-state index in [0.29, 0.717) is 16.3 Å². The Morgan fingerprint density at radius 1 is 0.967 bits per heavy atom. The van der Waals surface area contributed by atoms with Crippen LogP contribution >= 0.6 is 11.6 Å². The molecule has 0 fully saturated rings. The molecule has 30 heavy (non-hydrogen) atoms. The highest BCUT2D eigenvalue weighted by atomic mass is 35.5. The first-order valence-corrected chi connectivity index (χ1v) is 9.96. The lowest BCUT2D eigenvalue weighted by molar-refractivity contribution is 0.102. The van der Waals surface area contributed by atoms with E-state index < -0.39 is 0 Å². The second kappa shape index (κ2) is 8.17. The number of pyridine rings is 1. The fourth-order valence-corrected chi connectivity index (χ4v) is 3.64. The molecule has 0 saturated heterocycles. The lowest BCUT2D eigenvalue weighted by atomic mass is 9.99. The highest BCUT2D eigenvalue weighted by Crippen LogP contribution is 2.29. The molecule has 0 aliphatic carbocycles. The fourth-order valence-electron chi connectivity index (χ4n) is 3.51. The average Bonchev–Trinajstić information content (AvgIpc) is 2.74. The Hall–Kier alpha value is -3.37. The lowest BCUT2D eigenvalue weighted by Crippen LogP contribution is -2.13. The minimum Gasteiger partial charge on any atom is -0.497 e. The number of ether oxygens (including phenoxy) is 1. The third-order valence-corrected chi connectivity index (χ3v) is 5.23. The van der Waals surface area contributed by atoms with Gasteiger partial charge in [-0.1, -0.05) is 35.4 Å². The van der Waals surface area contributed by atoms with Crippen LogP contribution in [0.2, 0.25) is 5.02 Å². The third-order valence-electron chi connectivity index (χ3n) is 4.98. The zero-order valence-electron chi connectivity index (χ0n) is 17.0. The maximum Gasteiger partial charge on any atom is 0.256 e. The van der Waals surface area contributed by atoms with Crippen LogP contribution in [0.25, 0.3) is 22.2 Å². The third kappa shape index (κ3) is 4.00. The highest BCUT2D eigenvalue weighted by Gasteiger charge is 2.16. The van der Waals surface area contributed by atoms with Gasteiger partial charge < -0.3 is 10.1 Å². The molecular formula is C25H21ClN2O2. The summed E-state index contributed by atoms with van der Waals surface area (Å²) < 4.78 is 5.19. The van der Waals surface area contributed by atoms with E-state index >= 15 is 0 Å². The summed E-state index contributed by atoms with van der Waals surface area (Å²) in [5.74, 6) is 0.548. The number of benzene rings is 3. The van der Waals surface area contributed by atoms with Crippen LogP contribution < -0.4 is 10.1 Å². The second-order valence-corrected chi connectivity index (χ2v) is 7.66. The number of amides is 1. The zero-order chi connectivity index (χ0) is 21.3. The van der Waals surface area contributed by atoms with E-state index in [1.54, 1.807) is 7.11 Å². The van der Waals surface area contributed by atoms with Crippen LogP contribution in [0.15, 0.2) is 66.7 Å². The van der Waals surface area contributed by atoms with Crippen molar-refractivity contribution in [2.45, 2.75) is 13.8 Å². The number of carbonyl (C=O) groups excluding carboxylic acids is 1. The molecule has 1 heterocycles. The highest BCUT2D eigenvalue weighted by molar-refractivity contribution is 6.30. The molecule has 5 heteroatoms. The number of nitrogens with zero attached hydrogens (tertiary/aromatic N) is 1. The summed E-state index contributed by atoms with van der Waals surface area (Å²) in [6.45, 7) is 4.03. The van der Waals surface area contributed by atoms with Crippen LogP contribution in [0.1, 0.15) is 21.5 Å². The number of fused-ring (bicyclic) bond motifs is 1. The monoisotopic (exact) mass is 416 g/mol. The summed E-state index contributed by atoms with van der Waals surface area (Å²) in [7, 11) is 1.61. The van der Waals surface area contributed by atoms with Gasteiger partial charge in [-0.2, -0.15) is 0 Å². The molecule has 1 N–H and O–H groups in total. The van der Waals surface area contributed by atoms with Crippen LogP contribution in [-0.4, -0.2) is 18.0 Å².